The number of methoxy groups -OCH3 is 1. The lowest BCUT2D eigenvalue weighted by Gasteiger charge is -2.33. The van der Waals surface area contributed by atoms with Gasteiger partial charge in [0.25, 0.3) is 5.91 Å². The van der Waals surface area contributed by atoms with Crippen LogP contribution < -0.4 is 19.7 Å². The molecule has 2 heterocycles. The van der Waals surface area contributed by atoms with Gasteiger partial charge in [0.05, 0.1) is 7.11 Å². The number of ether oxygens (including phenoxy) is 2. The molecule has 2 N–H and O–H groups in total. The molecule has 0 spiro atoms. The summed E-state index contributed by atoms with van der Waals surface area (Å²) in [5.74, 6) is 0.870. The molecule has 2 aromatic rings. The number of piperidine rings is 1. The van der Waals surface area contributed by atoms with Crippen LogP contribution in [0.3, 0.4) is 0 Å². The summed E-state index contributed by atoms with van der Waals surface area (Å²) in [6, 6.07) is 11.4. The van der Waals surface area contributed by atoms with Crippen LogP contribution in [0.4, 0.5) is 5.82 Å². The molecule has 188 valence electrons. The molecule has 1 aromatic heterocycles. The third-order valence-corrected chi connectivity index (χ3v) is 6.85. The van der Waals surface area contributed by atoms with Gasteiger partial charge in [-0.05, 0) is 61.4 Å². The summed E-state index contributed by atoms with van der Waals surface area (Å²) >= 11 is 0. The fourth-order valence-electron chi connectivity index (χ4n) is 5.00. The molecule has 1 amide bonds. The molecule has 1 atom stereocenters. The van der Waals surface area contributed by atoms with Crippen molar-refractivity contribution in [3.8, 4) is 11.6 Å². The van der Waals surface area contributed by atoms with Crippen molar-refractivity contribution in [3.63, 3.8) is 0 Å². The number of carbonyl (C=O) groups excluding carboxylic acids is 1. The van der Waals surface area contributed by atoms with Gasteiger partial charge in [-0.15, -0.1) is 0 Å². The van der Waals surface area contributed by atoms with Crippen LogP contribution in [-0.4, -0.2) is 48.2 Å². The van der Waals surface area contributed by atoms with Gasteiger partial charge in [0, 0.05) is 25.6 Å². The maximum atomic E-state index is 13.2. The first-order chi connectivity index (χ1) is 17.0. The zero-order valence-corrected chi connectivity index (χ0v) is 20.4. The summed E-state index contributed by atoms with van der Waals surface area (Å²) in [6.45, 7) is 1.67. The molecule has 2 aliphatic rings. The summed E-state index contributed by atoms with van der Waals surface area (Å²) in [6.07, 6.45) is 7.43. The second-order valence-electron chi connectivity index (χ2n) is 9.52. The highest BCUT2D eigenvalue weighted by atomic mass is 16.5. The van der Waals surface area contributed by atoms with Crippen LogP contribution in [0.1, 0.15) is 67.3 Å². The minimum absolute atomic E-state index is 0.0819. The highest BCUT2D eigenvalue weighted by Crippen LogP contribution is 2.28. The van der Waals surface area contributed by atoms with Crippen LogP contribution in [0.5, 0.6) is 11.6 Å². The summed E-state index contributed by atoms with van der Waals surface area (Å²) in [7, 11) is 1.62. The Morgan fingerprint density at radius 1 is 1.11 bits per heavy atom. The zero-order chi connectivity index (χ0) is 24.6. The molecule has 1 aliphatic carbocycles. The molecule has 0 bridgehead atoms. The summed E-state index contributed by atoms with van der Waals surface area (Å²) in [4.78, 5) is 31.2. The van der Waals surface area contributed by atoms with Crippen LogP contribution in [0, 0.1) is 5.92 Å². The van der Waals surface area contributed by atoms with E-state index in [0.29, 0.717) is 23.8 Å². The molecule has 1 saturated carbocycles. The van der Waals surface area contributed by atoms with Crippen LogP contribution in [-0.2, 0) is 11.4 Å². The maximum Gasteiger partial charge on any atom is 0.303 e. The fourth-order valence-corrected chi connectivity index (χ4v) is 5.00. The Hall–Kier alpha value is -3.29. The van der Waals surface area contributed by atoms with E-state index in [1.807, 2.05) is 30.3 Å². The largest absolute Gasteiger partial charge is 0.497 e. The van der Waals surface area contributed by atoms with Crippen LogP contribution in [0.2, 0.25) is 0 Å². The predicted molar refractivity (Wildman–Crippen MR) is 133 cm³/mol. The molecule has 35 heavy (non-hydrogen) atoms. The Kier molecular flexibility index (Phi) is 8.45. The van der Waals surface area contributed by atoms with Gasteiger partial charge in [-0.3, -0.25) is 9.59 Å². The minimum atomic E-state index is -0.776. The number of nitrogens with one attached hydrogen (secondary N) is 1. The molecule has 0 unspecified atom stereocenters. The topological polar surface area (TPSA) is 101 Å². The van der Waals surface area contributed by atoms with Crippen molar-refractivity contribution in [1.82, 2.24) is 10.3 Å². The third kappa shape index (κ3) is 6.87. The number of hydrogen-bond acceptors (Lipinski definition) is 6. The van der Waals surface area contributed by atoms with E-state index in [9.17, 15) is 14.7 Å². The van der Waals surface area contributed by atoms with Crippen molar-refractivity contribution in [2.75, 3.05) is 25.1 Å². The molecule has 2 fully saturated rings. The zero-order valence-electron chi connectivity index (χ0n) is 20.4. The summed E-state index contributed by atoms with van der Waals surface area (Å²) in [5, 5.41) is 12.4. The Bertz CT molecular complexity index is 1020. The number of carboxylic acid groups (broad SMARTS) is 1. The van der Waals surface area contributed by atoms with Crippen LogP contribution in [0.25, 0.3) is 0 Å². The predicted octanol–water partition coefficient (Wildman–Crippen LogP) is 4.42. The molecule has 1 saturated heterocycles. The van der Waals surface area contributed by atoms with Gasteiger partial charge in [0.15, 0.2) is 0 Å². The quantitative estimate of drug-likeness (QED) is 0.547. The minimum Gasteiger partial charge on any atom is -0.497 e. The van der Waals surface area contributed by atoms with Gasteiger partial charge in [0.2, 0.25) is 5.88 Å². The first-order valence-corrected chi connectivity index (χ1v) is 12.6. The van der Waals surface area contributed by atoms with Gasteiger partial charge >= 0.3 is 5.97 Å². The number of carboxylic acids is 1. The molecule has 4 rings (SSSR count). The normalized spacial score (nSPS) is 18.7. The summed E-state index contributed by atoms with van der Waals surface area (Å²) in [5.41, 5.74) is 1.33. The Labute approximate surface area is 206 Å². The van der Waals surface area contributed by atoms with Gasteiger partial charge < -0.3 is 24.8 Å². The standard InChI is InChI=1S/C27H35N3O5/c1-34-22-11-5-7-20(15-22)18-35-27-23(26(33)28-21-9-3-2-4-10-21)12-13-24(29-27)30-14-6-8-19(17-30)16-25(31)32/h5,7,11-13,15,19,21H,2-4,6,8-10,14,16-18H2,1H3,(H,28,33)(H,31,32)/t19-/m0/s1. The lowest BCUT2D eigenvalue weighted by Crippen LogP contribution is -2.37. The SMILES string of the molecule is COc1cccc(COc2nc(N3CCC[C@@H](CC(=O)O)C3)ccc2C(=O)NC2CCCCC2)c1. The van der Waals surface area contributed by atoms with Crippen molar-refractivity contribution >= 4 is 17.7 Å². The summed E-state index contributed by atoms with van der Waals surface area (Å²) < 4.78 is 11.4. The van der Waals surface area contributed by atoms with E-state index >= 15 is 0 Å². The van der Waals surface area contributed by atoms with Crippen molar-refractivity contribution in [2.24, 2.45) is 5.92 Å². The number of pyridine rings is 1. The van der Waals surface area contributed by atoms with E-state index in [1.54, 1.807) is 13.2 Å². The second kappa shape index (κ2) is 11.9. The molecule has 8 nitrogen and oxygen atoms in total. The maximum absolute atomic E-state index is 13.2. The van der Waals surface area contributed by atoms with Crippen LogP contribution in [0.15, 0.2) is 36.4 Å². The average molecular weight is 482 g/mol. The lowest BCUT2D eigenvalue weighted by molar-refractivity contribution is -0.138. The van der Waals surface area contributed by atoms with Crippen molar-refractivity contribution < 1.29 is 24.2 Å². The van der Waals surface area contributed by atoms with E-state index < -0.39 is 5.97 Å². The van der Waals surface area contributed by atoms with Gasteiger partial charge in [-0.25, -0.2) is 0 Å². The van der Waals surface area contributed by atoms with E-state index in [-0.39, 0.29) is 30.9 Å². The number of aromatic nitrogens is 1. The highest BCUT2D eigenvalue weighted by Gasteiger charge is 2.25. The number of hydrogen-bond donors (Lipinski definition) is 2. The molecule has 0 radical (unpaired) electrons. The van der Waals surface area contributed by atoms with Crippen molar-refractivity contribution in [2.45, 2.75) is 64.0 Å². The Balaban J connectivity index is 1.54. The number of nitrogens with zero attached hydrogens (tertiary/aromatic N) is 2. The number of aliphatic carboxylic acids is 1. The number of anilines is 1. The molecular formula is C27H35N3O5. The van der Waals surface area contributed by atoms with Crippen molar-refractivity contribution in [1.29, 1.82) is 0 Å². The number of carbonyl (C=O) groups is 2. The molecule has 8 heteroatoms. The van der Waals surface area contributed by atoms with E-state index in [2.05, 4.69) is 10.2 Å². The third-order valence-electron chi connectivity index (χ3n) is 6.85. The molecule has 1 aliphatic heterocycles. The smallest absolute Gasteiger partial charge is 0.303 e. The molecule has 1 aromatic carbocycles. The van der Waals surface area contributed by atoms with Gasteiger partial charge in [-0.2, -0.15) is 4.98 Å². The van der Waals surface area contributed by atoms with Crippen molar-refractivity contribution in [3.05, 3.63) is 47.5 Å². The average Bonchev–Trinajstić information content (AvgIpc) is 2.88. The first kappa shape index (κ1) is 24.8. The number of benzene rings is 1. The lowest BCUT2D eigenvalue weighted by atomic mass is 9.95. The Morgan fingerprint density at radius 3 is 2.71 bits per heavy atom. The highest BCUT2D eigenvalue weighted by molar-refractivity contribution is 5.96. The molecular weight excluding hydrogens is 446 g/mol. The van der Waals surface area contributed by atoms with E-state index in [1.165, 1.54) is 6.42 Å². The van der Waals surface area contributed by atoms with E-state index in [4.69, 9.17) is 14.5 Å². The fraction of sp³-hybridized carbons (Fsp3) is 0.519. The second-order valence-corrected chi connectivity index (χ2v) is 9.52. The monoisotopic (exact) mass is 481 g/mol. The van der Waals surface area contributed by atoms with Gasteiger partial charge in [-0.1, -0.05) is 31.4 Å². The van der Waals surface area contributed by atoms with E-state index in [0.717, 1.165) is 56.4 Å². The van der Waals surface area contributed by atoms with Crippen LogP contribution >= 0.6 is 0 Å². The number of rotatable bonds is 9. The first-order valence-electron chi connectivity index (χ1n) is 12.6. The number of amides is 1. The Morgan fingerprint density at radius 2 is 1.94 bits per heavy atom. The van der Waals surface area contributed by atoms with Gasteiger partial charge in [0.1, 0.15) is 23.7 Å².